The topological polar surface area (TPSA) is 83.7 Å². The van der Waals surface area contributed by atoms with Crippen LogP contribution in [0.2, 0.25) is 0 Å². The number of rotatable bonds is 6. The van der Waals surface area contributed by atoms with Crippen LogP contribution in [0.15, 0.2) is 4.42 Å². The van der Waals surface area contributed by atoms with Crippen molar-refractivity contribution in [2.75, 3.05) is 37.7 Å². The van der Waals surface area contributed by atoms with Crippen LogP contribution in [0.25, 0.3) is 0 Å². The molecular formula is C11H20N4O3. The van der Waals surface area contributed by atoms with Gasteiger partial charge in [-0.25, -0.2) is 0 Å². The van der Waals surface area contributed by atoms with Crippen molar-refractivity contribution < 1.29 is 14.3 Å². The Balaban J connectivity index is 1.88. The maximum Gasteiger partial charge on any atom is 0.318 e. The Labute approximate surface area is 106 Å². The summed E-state index contributed by atoms with van der Waals surface area (Å²) in [5.74, 6) is 0.588. The number of nitrogens with zero attached hydrogens (tertiary/aromatic N) is 3. The van der Waals surface area contributed by atoms with Crippen LogP contribution in [0.3, 0.4) is 0 Å². The lowest BCUT2D eigenvalue weighted by Crippen LogP contribution is -2.44. The minimum Gasteiger partial charge on any atom is -0.407 e. The molecule has 0 spiro atoms. The maximum absolute atomic E-state index is 9.08. The summed E-state index contributed by atoms with van der Waals surface area (Å²) in [5, 5.41) is 20.3. The van der Waals surface area contributed by atoms with Gasteiger partial charge in [-0.3, -0.25) is 0 Å². The van der Waals surface area contributed by atoms with E-state index in [0.29, 0.717) is 38.1 Å². The van der Waals surface area contributed by atoms with E-state index in [9.17, 15) is 0 Å². The first kappa shape index (κ1) is 13.3. The fourth-order valence-electron chi connectivity index (χ4n) is 1.82. The SMILES string of the molecule is CCCNCc1nnc(N2CCOC(CO)C2)o1. The van der Waals surface area contributed by atoms with E-state index in [-0.39, 0.29) is 12.7 Å². The first-order valence-corrected chi connectivity index (χ1v) is 6.34. The molecule has 1 unspecified atom stereocenters. The predicted molar refractivity (Wildman–Crippen MR) is 65.3 cm³/mol. The van der Waals surface area contributed by atoms with E-state index in [1.54, 1.807) is 0 Å². The highest BCUT2D eigenvalue weighted by molar-refractivity contribution is 5.25. The normalized spacial score (nSPS) is 20.3. The van der Waals surface area contributed by atoms with E-state index < -0.39 is 0 Å². The molecule has 0 saturated carbocycles. The Bertz CT molecular complexity index is 358. The Morgan fingerprint density at radius 2 is 2.39 bits per heavy atom. The smallest absolute Gasteiger partial charge is 0.318 e. The van der Waals surface area contributed by atoms with E-state index >= 15 is 0 Å². The van der Waals surface area contributed by atoms with Crippen molar-refractivity contribution in [3.8, 4) is 0 Å². The van der Waals surface area contributed by atoms with Gasteiger partial charge in [-0.15, -0.1) is 5.10 Å². The Morgan fingerprint density at radius 1 is 1.50 bits per heavy atom. The van der Waals surface area contributed by atoms with E-state index in [1.807, 2.05) is 4.90 Å². The lowest BCUT2D eigenvalue weighted by atomic mass is 10.3. The molecular weight excluding hydrogens is 236 g/mol. The highest BCUT2D eigenvalue weighted by Crippen LogP contribution is 2.15. The second-order valence-electron chi connectivity index (χ2n) is 4.28. The second-order valence-corrected chi connectivity index (χ2v) is 4.28. The van der Waals surface area contributed by atoms with Gasteiger partial charge in [0.25, 0.3) is 0 Å². The van der Waals surface area contributed by atoms with Gasteiger partial charge < -0.3 is 24.5 Å². The largest absolute Gasteiger partial charge is 0.407 e. The molecule has 0 amide bonds. The Hall–Kier alpha value is -1.18. The van der Waals surface area contributed by atoms with Gasteiger partial charge >= 0.3 is 6.01 Å². The molecule has 2 heterocycles. The molecule has 7 nitrogen and oxygen atoms in total. The molecule has 0 aromatic carbocycles. The highest BCUT2D eigenvalue weighted by Gasteiger charge is 2.23. The molecule has 2 rings (SSSR count). The van der Waals surface area contributed by atoms with Gasteiger partial charge in [0.2, 0.25) is 5.89 Å². The quantitative estimate of drug-likeness (QED) is 0.680. The first-order valence-electron chi connectivity index (χ1n) is 6.34. The van der Waals surface area contributed by atoms with Crippen LogP contribution >= 0.6 is 0 Å². The Morgan fingerprint density at radius 3 is 3.17 bits per heavy atom. The number of morpholine rings is 1. The van der Waals surface area contributed by atoms with Crippen LogP contribution < -0.4 is 10.2 Å². The summed E-state index contributed by atoms with van der Waals surface area (Å²) < 4.78 is 10.9. The van der Waals surface area contributed by atoms with Gasteiger partial charge in [-0.2, -0.15) is 0 Å². The molecule has 1 atom stereocenters. The summed E-state index contributed by atoms with van der Waals surface area (Å²) in [6.45, 7) is 5.50. The third-order valence-corrected chi connectivity index (χ3v) is 2.77. The van der Waals surface area contributed by atoms with Crippen LogP contribution in [-0.4, -0.2) is 54.3 Å². The van der Waals surface area contributed by atoms with Gasteiger partial charge in [0.05, 0.1) is 32.4 Å². The standard InChI is InChI=1S/C11H20N4O3/c1-2-3-12-6-10-13-14-11(18-10)15-4-5-17-9(7-15)8-16/h9,12,16H,2-8H2,1H3. The van der Waals surface area contributed by atoms with Crippen LogP contribution in [0, 0.1) is 0 Å². The summed E-state index contributed by atoms with van der Waals surface area (Å²) in [7, 11) is 0. The lowest BCUT2D eigenvalue weighted by molar-refractivity contribution is 0.00224. The molecule has 1 fully saturated rings. The minimum atomic E-state index is -0.174. The summed E-state index contributed by atoms with van der Waals surface area (Å²) in [6.07, 6.45) is 0.898. The molecule has 0 aliphatic carbocycles. The highest BCUT2D eigenvalue weighted by atomic mass is 16.5. The molecule has 2 N–H and O–H groups in total. The zero-order valence-corrected chi connectivity index (χ0v) is 10.6. The molecule has 18 heavy (non-hydrogen) atoms. The number of aliphatic hydroxyl groups is 1. The monoisotopic (exact) mass is 256 g/mol. The summed E-state index contributed by atoms with van der Waals surface area (Å²) in [6, 6.07) is 0.505. The number of hydrogen-bond acceptors (Lipinski definition) is 7. The number of aromatic nitrogens is 2. The summed E-state index contributed by atoms with van der Waals surface area (Å²) in [5.41, 5.74) is 0. The molecule has 1 aliphatic heterocycles. The Kier molecular flexibility index (Phi) is 4.91. The van der Waals surface area contributed by atoms with Crippen molar-refractivity contribution in [3.63, 3.8) is 0 Å². The van der Waals surface area contributed by atoms with Crippen molar-refractivity contribution >= 4 is 6.01 Å². The van der Waals surface area contributed by atoms with E-state index in [2.05, 4.69) is 22.4 Å². The second kappa shape index (κ2) is 6.67. The van der Waals surface area contributed by atoms with Crippen LogP contribution in [-0.2, 0) is 11.3 Å². The number of ether oxygens (including phenoxy) is 1. The first-order chi connectivity index (χ1) is 8.83. The molecule has 102 valence electrons. The van der Waals surface area contributed by atoms with E-state index in [1.165, 1.54) is 0 Å². The third-order valence-electron chi connectivity index (χ3n) is 2.77. The van der Waals surface area contributed by atoms with Gasteiger partial charge in [0.15, 0.2) is 0 Å². The zero-order valence-electron chi connectivity index (χ0n) is 10.6. The molecule has 1 aliphatic rings. The fraction of sp³-hybridized carbons (Fsp3) is 0.818. The minimum absolute atomic E-state index is 0.00947. The van der Waals surface area contributed by atoms with Crippen molar-refractivity contribution in [2.24, 2.45) is 0 Å². The number of nitrogens with one attached hydrogen (secondary N) is 1. The molecule has 0 radical (unpaired) electrons. The third kappa shape index (κ3) is 3.41. The van der Waals surface area contributed by atoms with E-state index in [4.69, 9.17) is 14.3 Å². The summed E-state index contributed by atoms with van der Waals surface area (Å²) >= 11 is 0. The van der Waals surface area contributed by atoms with Gasteiger partial charge in [-0.05, 0) is 13.0 Å². The molecule has 1 saturated heterocycles. The molecule has 1 aromatic rings. The van der Waals surface area contributed by atoms with Crippen molar-refractivity contribution in [3.05, 3.63) is 5.89 Å². The number of aliphatic hydroxyl groups excluding tert-OH is 1. The number of anilines is 1. The van der Waals surface area contributed by atoms with Crippen molar-refractivity contribution in [1.29, 1.82) is 0 Å². The molecule has 0 bridgehead atoms. The van der Waals surface area contributed by atoms with Crippen LogP contribution in [0.4, 0.5) is 6.01 Å². The predicted octanol–water partition coefficient (Wildman–Crippen LogP) is -0.233. The lowest BCUT2D eigenvalue weighted by Gasteiger charge is -2.30. The molecule has 7 heteroatoms. The van der Waals surface area contributed by atoms with Crippen LogP contribution in [0.5, 0.6) is 0 Å². The van der Waals surface area contributed by atoms with Crippen molar-refractivity contribution in [1.82, 2.24) is 15.5 Å². The van der Waals surface area contributed by atoms with Gasteiger partial charge in [0, 0.05) is 6.54 Å². The van der Waals surface area contributed by atoms with Crippen molar-refractivity contribution in [2.45, 2.75) is 26.0 Å². The van der Waals surface area contributed by atoms with E-state index in [0.717, 1.165) is 13.0 Å². The fourth-order valence-corrected chi connectivity index (χ4v) is 1.82. The average molecular weight is 256 g/mol. The number of hydrogen-bond donors (Lipinski definition) is 2. The maximum atomic E-state index is 9.08. The van der Waals surface area contributed by atoms with Crippen LogP contribution in [0.1, 0.15) is 19.2 Å². The molecule has 1 aromatic heterocycles. The van der Waals surface area contributed by atoms with Gasteiger partial charge in [-0.1, -0.05) is 12.0 Å². The average Bonchev–Trinajstić information content (AvgIpc) is 2.88. The van der Waals surface area contributed by atoms with Gasteiger partial charge in [0.1, 0.15) is 0 Å². The zero-order chi connectivity index (χ0) is 12.8. The summed E-state index contributed by atoms with van der Waals surface area (Å²) in [4.78, 5) is 1.95.